The number of nitrogens with one attached hydrogen (secondary N) is 1. The number of carbonyl (C=O) groups excluding carboxylic acids is 1. The summed E-state index contributed by atoms with van der Waals surface area (Å²) in [6.45, 7) is 4.49. The van der Waals surface area contributed by atoms with E-state index < -0.39 is 17.6 Å². The van der Waals surface area contributed by atoms with E-state index >= 15 is 0 Å². The summed E-state index contributed by atoms with van der Waals surface area (Å²) >= 11 is 0. The standard InChI is InChI=1S/C27H27F4NO3/c1-4-17(2)11-19-7-10-25(34-3)24(12-19)26(33)32-16-18-5-8-22(9-6-18)35-23-14-20(27(29,30)31)13-21(28)15-23/h5-10,12-15,17H,4,11,16H2,1-3H3,(H,32,33)/t17-/m0/s1. The van der Waals surface area contributed by atoms with E-state index in [1.54, 1.807) is 18.2 Å². The molecule has 0 heterocycles. The second kappa shape index (κ2) is 11.3. The molecule has 35 heavy (non-hydrogen) atoms. The molecule has 0 unspecified atom stereocenters. The zero-order valence-corrected chi connectivity index (χ0v) is 19.7. The molecule has 186 valence electrons. The van der Waals surface area contributed by atoms with Gasteiger partial charge in [0.1, 0.15) is 23.1 Å². The normalized spacial score (nSPS) is 12.2. The van der Waals surface area contributed by atoms with Crippen molar-refractivity contribution in [2.24, 2.45) is 5.92 Å². The highest BCUT2D eigenvalue weighted by Gasteiger charge is 2.31. The third kappa shape index (κ3) is 7.21. The van der Waals surface area contributed by atoms with Crippen molar-refractivity contribution in [3.8, 4) is 17.2 Å². The van der Waals surface area contributed by atoms with Crippen LogP contribution in [0.2, 0.25) is 0 Å². The summed E-state index contributed by atoms with van der Waals surface area (Å²) in [4.78, 5) is 12.8. The summed E-state index contributed by atoms with van der Waals surface area (Å²) in [6.07, 6.45) is -2.79. The number of rotatable bonds is 9. The minimum atomic E-state index is -4.68. The fourth-order valence-corrected chi connectivity index (χ4v) is 3.48. The number of amides is 1. The van der Waals surface area contributed by atoms with Gasteiger partial charge in [0.15, 0.2) is 0 Å². The molecule has 0 aliphatic heterocycles. The van der Waals surface area contributed by atoms with Crippen LogP contribution in [0.5, 0.6) is 17.2 Å². The zero-order chi connectivity index (χ0) is 25.6. The van der Waals surface area contributed by atoms with Crippen molar-refractivity contribution in [3.63, 3.8) is 0 Å². The average Bonchev–Trinajstić information content (AvgIpc) is 2.82. The molecule has 1 atom stereocenters. The molecule has 3 aromatic carbocycles. The van der Waals surface area contributed by atoms with E-state index in [2.05, 4.69) is 19.2 Å². The first-order valence-electron chi connectivity index (χ1n) is 11.2. The van der Waals surface area contributed by atoms with Crippen LogP contribution in [-0.2, 0) is 19.1 Å². The van der Waals surface area contributed by atoms with E-state index in [0.717, 1.165) is 36.1 Å². The van der Waals surface area contributed by atoms with E-state index in [1.165, 1.54) is 19.2 Å². The van der Waals surface area contributed by atoms with Gasteiger partial charge < -0.3 is 14.8 Å². The van der Waals surface area contributed by atoms with E-state index in [0.29, 0.717) is 23.3 Å². The van der Waals surface area contributed by atoms with Crippen LogP contribution < -0.4 is 14.8 Å². The molecule has 8 heteroatoms. The summed E-state index contributed by atoms with van der Waals surface area (Å²) < 4.78 is 63.0. The molecule has 0 aliphatic carbocycles. The van der Waals surface area contributed by atoms with Crippen LogP contribution in [-0.4, -0.2) is 13.0 Å². The van der Waals surface area contributed by atoms with Crippen molar-refractivity contribution >= 4 is 5.91 Å². The largest absolute Gasteiger partial charge is 0.496 e. The summed E-state index contributed by atoms with van der Waals surface area (Å²) in [5.74, 6) is -0.383. The fourth-order valence-electron chi connectivity index (χ4n) is 3.48. The molecule has 0 saturated heterocycles. The predicted molar refractivity (Wildman–Crippen MR) is 125 cm³/mol. The molecular formula is C27H27F4NO3. The number of hydrogen-bond acceptors (Lipinski definition) is 3. The smallest absolute Gasteiger partial charge is 0.416 e. The quantitative estimate of drug-likeness (QED) is 0.324. The molecule has 0 spiro atoms. The fraction of sp³-hybridized carbons (Fsp3) is 0.296. The number of halogens is 4. The Morgan fingerprint density at radius 1 is 0.971 bits per heavy atom. The molecule has 4 nitrogen and oxygen atoms in total. The second-order valence-electron chi connectivity index (χ2n) is 8.35. The van der Waals surface area contributed by atoms with Gasteiger partial charge in [-0.1, -0.05) is 38.5 Å². The molecule has 1 N–H and O–H groups in total. The van der Waals surface area contributed by atoms with E-state index in [-0.39, 0.29) is 24.0 Å². The maximum absolute atomic E-state index is 13.6. The first-order valence-corrected chi connectivity index (χ1v) is 11.2. The molecule has 3 rings (SSSR count). The van der Waals surface area contributed by atoms with Gasteiger partial charge in [-0.15, -0.1) is 0 Å². The summed E-state index contributed by atoms with van der Waals surface area (Å²) in [6, 6.07) is 14.0. The third-order valence-electron chi connectivity index (χ3n) is 5.60. The summed E-state index contributed by atoms with van der Waals surface area (Å²) in [7, 11) is 1.51. The van der Waals surface area contributed by atoms with Crippen LogP contribution in [0.4, 0.5) is 17.6 Å². The maximum Gasteiger partial charge on any atom is 0.416 e. The van der Waals surface area contributed by atoms with Crippen LogP contribution in [0.15, 0.2) is 60.7 Å². The lowest BCUT2D eigenvalue weighted by atomic mass is 9.97. The van der Waals surface area contributed by atoms with Gasteiger partial charge in [0.05, 0.1) is 18.2 Å². The second-order valence-corrected chi connectivity index (χ2v) is 8.35. The Bertz CT molecular complexity index is 1160. The Hall–Kier alpha value is -3.55. The Kier molecular flexibility index (Phi) is 8.38. The SMILES string of the molecule is CC[C@H](C)Cc1ccc(OC)c(C(=O)NCc2ccc(Oc3cc(F)cc(C(F)(F)F)c3)cc2)c1. The van der Waals surface area contributed by atoms with Crippen molar-refractivity contribution in [3.05, 3.63) is 88.7 Å². The monoisotopic (exact) mass is 489 g/mol. The Balaban J connectivity index is 1.65. The minimum absolute atomic E-state index is 0.218. The van der Waals surface area contributed by atoms with E-state index in [9.17, 15) is 22.4 Å². The number of ether oxygens (including phenoxy) is 2. The molecule has 0 radical (unpaired) electrons. The van der Waals surface area contributed by atoms with Gasteiger partial charge in [0.25, 0.3) is 5.91 Å². The van der Waals surface area contributed by atoms with Gasteiger partial charge in [-0.25, -0.2) is 4.39 Å². The van der Waals surface area contributed by atoms with Gasteiger partial charge in [-0.2, -0.15) is 13.2 Å². The molecule has 0 saturated carbocycles. The predicted octanol–water partition coefficient (Wildman–Crippen LogP) is 7.16. The lowest BCUT2D eigenvalue weighted by Gasteiger charge is -2.14. The Labute approximate surface area is 201 Å². The number of benzene rings is 3. The van der Waals surface area contributed by atoms with Crippen molar-refractivity contribution in [1.82, 2.24) is 5.32 Å². The van der Waals surface area contributed by atoms with Crippen LogP contribution in [0.1, 0.15) is 47.3 Å². The third-order valence-corrected chi connectivity index (χ3v) is 5.60. The van der Waals surface area contributed by atoms with E-state index in [1.807, 2.05) is 12.1 Å². The van der Waals surface area contributed by atoms with Crippen LogP contribution >= 0.6 is 0 Å². The molecule has 0 bridgehead atoms. The number of hydrogen-bond donors (Lipinski definition) is 1. The highest BCUT2D eigenvalue weighted by Crippen LogP contribution is 2.33. The molecule has 0 aliphatic rings. The van der Waals surface area contributed by atoms with Crippen LogP contribution in [0.3, 0.4) is 0 Å². The van der Waals surface area contributed by atoms with Gasteiger partial charge in [-0.3, -0.25) is 4.79 Å². The average molecular weight is 490 g/mol. The molecule has 3 aromatic rings. The minimum Gasteiger partial charge on any atom is -0.496 e. The van der Waals surface area contributed by atoms with Gasteiger partial charge in [0.2, 0.25) is 0 Å². The summed E-state index contributed by atoms with van der Waals surface area (Å²) in [5.41, 5.74) is 1.11. The number of alkyl halides is 3. The van der Waals surface area contributed by atoms with Crippen molar-refractivity contribution in [2.75, 3.05) is 7.11 Å². The zero-order valence-electron chi connectivity index (χ0n) is 19.7. The molecule has 1 amide bonds. The molecule has 0 fully saturated rings. The summed E-state index contributed by atoms with van der Waals surface area (Å²) in [5, 5.41) is 2.85. The van der Waals surface area contributed by atoms with Gasteiger partial charge >= 0.3 is 6.18 Å². The number of carbonyl (C=O) groups is 1. The molecular weight excluding hydrogens is 462 g/mol. The lowest BCUT2D eigenvalue weighted by molar-refractivity contribution is -0.137. The van der Waals surface area contributed by atoms with Crippen LogP contribution in [0, 0.1) is 11.7 Å². The van der Waals surface area contributed by atoms with Crippen LogP contribution in [0.25, 0.3) is 0 Å². The van der Waals surface area contributed by atoms with E-state index in [4.69, 9.17) is 9.47 Å². The number of methoxy groups -OCH3 is 1. The van der Waals surface area contributed by atoms with Crippen molar-refractivity contribution in [2.45, 2.75) is 39.4 Å². The topological polar surface area (TPSA) is 47.6 Å². The maximum atomic E-state index is 13.6. The Morgan fingerprint density at radius 3 is 2.29 bits per heavy atom. The van der Waals surface area contributed by atoms with Gasteiger partial charge in [0, 0.05) is 12.6 Å². The highest BCUT2D eigenvalue weighted by molar-refractivity contribution is 5.97. The molecule has 0 aromatic heterocycles. The first-order chi connectivity index (χ1) is 16.6. The Morgan fingerprint density at radius 2 is 1.66 bits per heavy atom. The highest BCUT2D eigenvalue weighted by atomic mass is 19.4. The lowest BCUT2D eigenvalue weighted by Crippen LogP contribution is -2.23. The van der Waals surface area contributed by atoms with Crippen molar-refractivity contribution < 1.29 is 31.8 Å². The van der Waals surface area contributed by atoms with Crippen molar-refractivity contribution in [1.29, 1.82) is 0 Å². The first kappa shape index (κ1) is 26.1. The van der Waals surface area contributed by atoms with Gasteiger partial charge in [-0.05, 0) is 59.9 Å².